The van der Waals surface area contributed by atoms with Gasteiger partial charge >= 0.3 is 12.6 Å². The summed E-state index contributed by atoms with van der Waals surface area (Å²) in [6.45, 7) is 0.455. The van der Waals surface area contributed by atoms with E-state index in [1.807, 2.05) is 12.1 Å². The van der Waals surface area contributed by atoms with E-state index in [1.165, 1.54) is 38.3 Å². The Labute approximate surface area is 183 Å². The molecule has 32 heavy (non-hydrogen) atoms. The number of carboxylic acids is 1. The molecular formula is C23H23F2NO6. The Morgan fingerprint density at radius 2 is 1.94 bits per heavy atom. The zero-order valence-electron chi connectivity index (χ0n) is 17.5. The lowest BCUT2D eigenvalue weighted by Gasteiger charge is -2.15. The number of carbonyl (C=O) groups is 1. The van der Waals surface area contributed by atoms with Gasteiger partial charge in [-0.05, 0) is 55.8 Å². The molecule has 1 aliphatic heterocycles. The normalized spacial score (nSPS) is 14.2. The number of halogens is 2. The fraction of sp³-hybridized carbons (Fsp3) is 0.348. The van der Waals surface area contributed by atoms with Crippen LogP contribution in [0.15, 0.2) is 41.0 Å². The minimum absolute atomic E-state index is 0.0955. The van der Waals surface area contributed by atoms with Crippen molar-refractivity contribution in [2.45, 2.75) is 19.5 Å². The largest absolute Gasteiger partial charge is 0.496 e. The summed E-state index contributed by atoms with van der Waals surface area (Å²) in [5.41, 5.74) is 1.08. The van der Waals surface area contributed by atoms with Crippen LogP contribution in [0.4, 0.5) is 8.78 Å². The molecule has 2 heterocycles. The maximum absolute atomic E-state index is 12.9. The number of likely N-dealkylation sites (tertiary alicyclic amines) is 1. The van der Waals surface area contributed by atoms with E-state index in [0.717, 1.165) is 19.6 Å². The summed E-state index contributed by atoms with van der Waals surface area (Å²) in [5, 5.41) is 10.1. The fourth-order valence-corrected chi connectivity index (χ4v) is 3.93. The van der Waals surface area contributed by atoms with E-state index in [0.29, 0.717) is 34.5 Å². The second-order valence-corrected chi connectivity index (χ2v) is 7.44. The van der Waals surface area contributed by atoms with Crippen molar-refractivity contribution < 1.29 is 37.3 Å². The van der Waals surface area contributed by atoms with Gasteiger partial charge in [0.05, 0.1) is 13.4 Å². The van der Waals surface area contributed by atoms with Gasteiger partial charge in [-0.1, -0.05) is 0 Å². The molecule has 0 spiro atoms. The number of carboxylic acid groups (broad SMARTS) is 1. The van der Waals surface area contributed by atoms with Crippen LogP contribution in [0, 0.1) is 0 Å². The Morgan fingerprint density at radius 3 is 2.62 bits per heavy atom. The van der Waals surface area contributed by atoms with E-state index >= 15 is 0 Å². The van der Waals surface area contributed by atoms with Crippen LogP contribution in [0.2, 0.25) is 0 Å². The van der Waals surface area contributed by atoms with Crippen LogP contribution >= 0.6 is 0 Å². The molecule has 1 aliphatic rings. The van der Waals surface area contributed by atoms with E-state index in [2.05, 4.69) is 9.64 Å². The Kier molecular flexibility index (Phi) is 6.45. The molecule has 7 nitrogen and oxygen atoms in total. The summed E-state index contributed by atoms with van der Waals surface area (Å²) in [6.07, 6.45) is 3.92. The van der Waals surface area contributed by atoms with Crippen molar-refractivity contribution >= 4 is 16.9 Å². The quantitative estimate of drug-likeness (QED) is 0.501. The highest BCUT2D eigenvalue weighted by molar-refractivity contribution is 5.99. The lowest BCUT2D eigenvalue weighted by molar-refractivity contribution is -0.0503. The summed E-state index contributed by atoms with van der Waals surface area (Å²) >= 11 is 0. The first-order chi connectivity index (χ1) is 15.5. The van der Waals surface area contributed by atoms with Gasteiger partial charge in [-0.15, -0.1) is 0 Å². The zero-order chi connectivity index (χ0) is 22.7. The lowest BCUT2D eigenvalue weighted by Crippen LogP contribution is -2.25. The Bertz CT molecular complexity index is 1110. The molecule has 1 N–H and O–H groups in total. The van der Waals surface area contributed by atoms with E-state index in [1.54, 1.807) is 6.07 Å². The van der Waals surface area contributed by atoms with E-state index in [-0.39, 0.29) is 5.75 Å². The molecule has 0 bridgehead atoms. The molecule has 1 aromatic heterocycles. The third kappa shape index (κ3) is 4.62. The molecule has 0 aliphatic carbocycles. The molecule has 0 radical (unpaired) electrons. The lowest BCUT2D eigenvalue weighted by atomic mass is 10.0. The number of fused-ring (bicyclic) bond motifs is 1. The number of ether oxygens (including phenoxy) is 3. The third-order valence-electron chi connectivity index (χ3n) is 5.45. The van der Waals surface area contributed by atoms with E-state index in [9.17, 15) is 18.7 Å². The van der Waals surface area contributed by atoms with Gasteiger partial charge in [0.1, 0.15) is 35.0 Å². The molecule has 0 saturated carbocycles. The van der Waals surface area contributed by atoms with Gasteiger partial charge in [0, 0.05) is 23.6 Å². The number of hydrogen-bond acceptors (Lipinski definition) is 6. The smallest absolute Gasteiger partial charge is 0.387 e. The van der Waals surface area contributed by atoms with Gasteiger partial charge in [0.25, 0.3) is 0 Å². The van der Waals surface area contributed by atoms with Crippen molar-refractivity contribution in [1.82, 2.24) is 4.90 Å². The first-order valence-electron chi connectivity index (χ1n) is 10.2. The second-order valence-electron chi connectivity index (χ2n) is 7.44. The predicted molar refractivity (Wildman–Crippen MR) is 113 cm³/mol. The van der Waals surface area contributed by atoms with Crippen molar-refractivity contribution in [3.05, 3.63) is 42.2 Å². The highest BCUT2D eigenvalue weighted by Gasteiger charge is 2.23. The maximum Gasteiger partial charge on any atom is 0.387 e. The van der Waals surface area contributed by atoms with Crippen molar-refractivity contribution in [1.29, 1.82) is 0 Å². The molecule has 3 aromatic rings. The Hall–Kier alpha value is -3.33. The molecule has 4 rings (SSSR count). The predicted octanol–water partition coefficient (Wildman–Crippen LogP) is 4.88. The summed E-state index contributed by atoms with van der Waals surface area (Å²) in [7, 11) is 1.26. The first kappa shape index (κ1) is 21.9. The van der Waals surface area contributed by atoms with Crippen LogP contribution in [0.25, 0.3) is 22.1 Å². The maximum atomic E-state index is 12.9. The number of rotatable bonds is 9. The monoisotopic (exact) mass is 447 g/mol. The van der Waals surface area contributed by atoms with Crippen LogP contribution in [-0.4, -0.2) is 55.9 Å². The molecule has 1 fully saturated rings. The van der Waals surface area contributed by atoms with Crippen molar-refractivity contribution in [2.75, 3.05) is 33.4 Å². The summed E-state index contributed by atoms with van der Waals surface area (Å²) in [5.74, 6) is -1.35. The SMILES string of the molecule is COc1cc(-c2coc3cc(OCCN4CCCC4)ccc23)cc(OC(F)F)c1C(=O)O. The molecule has 170 valence electrons. The van der Waals surface area contributed by atoms with Crippen LogP contribution < -0.4 is 14.2 Å². The van der Waals surface area contributed by atoms with Gasteiger partial charge in [-0.3, -0.25) is 4.90 Å². The number of hydrogen-bond donors (Lipinski definition) is 1. The number of benzene rings is 2. The number of nitrogens with zero attached hydrogens (tertiary/aromatic N) is 1. The topological polar surface area (TPSA) is 81.4 Å². The average molecular weight is 447 g/mol. The standard InChI is InChI=1S/C23H23F2NO6/c1-29-19-10-14(11-20(32-23(24)25)21(19)22(27)28)17-13-31-18-12-15(4-5-16(17)18)30-9-8-26-6-2-3-7-26/h4-5,10-13,23H,2-3,6-9H2,1H3,(H,27,28). The zero-order valence-corrected chi connectivity index (χ0v) is 17.5. The summed E-state index contributed by atoms with van der Waals surface area (Å²) in [6, 6.07) is 8.08. The minimum Gasteiger partial charge on any atom is -0.496 e. The molecular weight excluding hydrogens is 424 g/mol. The molecule has 1 saturated heterocycles. The van der Waals surface area contributed by atoms with Crippen LogP contribution in [0.1, 0.15) is 23.2 Å². The highest BCUT2D eigenvalue weighted by Crippen LogP contribution is 2.39. The Balaban J connectivity index is 1.62. The Morgan fingerprint density at radius 1 is 1.19 bits per heavy atom. The number of aromatic carboxylic acids is 1. The third-order valence-corrected chi connectivity index (χ3v) is 5.45. The van der Waals surface area contributed by atoms with Crippen LogP contribution in [0.3, 0.4) is 0 Å². The fourth-order valence-electron chi connectivity index (χ4n) is 3.93. The van der Waals surface area contributed by atoms with Gasteiger partial charge < -0.3 is 23.7 Å². The van der Waals surface area contributed by atoms with Gasteiger partial charge in [0.15, 0.2) is 0 Å². The summed E-state index contributed by atoms with van der Waals surface area (Å²) < 4.78 is 46.8. The van der Waals surface area contributed by atoms with Crippen molar-refractivity contribution in [3.8, 4) is 28.4 Å². The van der Waals surface area contributed by atoms with E-state index in [4.69, 9.17) is 13.9 Å². The minimum atomic E-state index is -3.19. The number of alkyl halides is 2. The number of methoxy groups -OCH3 is 1. The van der Waals surface area contributed by atoms with Crippen molar-refractivity contribution in [2.24, 2.45) is 0 Å². The second kappa shape index (κ2) is 9.44. The van der Waals surface area contributed by atoms with E-state index < -0.39 is 23.9 Å². The summed E-state index contributed by atoms with van der Waals surface area (Å²) in [4.78, 5) is 13.9. The molecule has 0 unspecified atom stereocenters. The van der Waals surface area contributed by atoms with Crippen LogP contribution in [-0.2, 0) is 0 Å². The van der Waals surface area contributed by atoms with Crippen LogP contribution in [0.5, 0.6) is 17.2 Å². The first-order valence-corrected chi connectivity index (χ1v) is 10.2. The van der Waals surface area contributed by atoms with Crippen molar-refractivity contribution in [3.63, 3.8) is 0 Å². The van der Waals surface area contributed by atoms with Gasteiger partial charge in [0.2, 0.25) is 0 Å². The molecule has 2 aromatic carbocycles. The average Bonchev–Trinajstić information content (AvgIpc) is 3.42. The highest BCUT2D eigenvalue weighted by atomic mass is 19.3. The molecule has 9 heteroatoms. The molecule has 0 amide bonds. The van der Waals surface area contributed by atoms with Gasteiger partial charge in [-0.2, -0.15) is 8.78 Å². The molecule has 0 atom stereocenters. The number of furan rings is 1. The van der Waals surface area contributed by atoms with Gasteiger partial charge in [-0.25, -0.2) is 4.79 Å².